The molecule has 0 radical (unpaired) electrons. The van der Waals surface area contributed by atoms with Crippen LogP contribution in [-0.4, -0.2) is 34.8 Å². The summed E-state index contributed by atoms with van der Waals surface area (Å²) in [7, 11) is 1.66. The van der Waals surface area contributed by atoms with Gasteiger partial charge in [0.2, 0.25) is 5.91 Å². The molecule has 4 saturated carbocycles. The number of hydrogen-bond acceptors (Lipinski definition) is 4. The maximum atomic E-state index is 12.8. The Morgan fingerprint density at radius 3 is 2.59 bits per heavy atom. The number of rotatable bonds is 7. The average molecular weight is 414 g/mol. The quantitative estimate of drug-likeness (QED) is 0.642. The van der Waals surface area contributed by atoms with Crippen LogP contribution >= 0.6 is 11.8 Å². The molecule has 0 aliphatic heterocycles. The summed E-state index contributed by atoms with van der Waals surface area (Å²) in [6, 6.07) is 6.10. The zero-order chi connectivity index (χ0) is 20.0. The Hall–Kier alpha value is -1.69. The van der Waals surface area contributed by atoms with E-state index in [9.17, 15) is 4.79 Å². The summed E-state index contributed by atoms with van der Waals surface area (Å²) >= 11 is 1.48. The Morgan fingerprint density at radius 1 is 1.28 bits per heavy atom. The van der Waals surface area contributed by atoms with Crippen LogP contribution in [0.5, 0.6) is 5.75 Å². The van der Waals surface area contributed by atoms with Gasteiger partial charge in [0, 0.05) is 12.1 Å². The Bertz CT molecular complexity index is 873. The van der Waals surface area contributed by atoms with E-state index in [0.717, 1.165) is 46.1 Å². The third kappa shape index (κ3) is 3.65. The molecule has 1 aromatic carbocycles. The van der Waals surface area contributed by atoms with Crippen LogP contribution in [0.1, 0.15) is 51.9 Å². The summed E-state index contributed by atoms with van der Waals surface area (Å²) < 4.78 is 5.27. The Balaban J connectivity index is 1.22. The maximum Gasteiger partial charge on any atom is 0.230 e. The van der Waals surface area contributed by atoms with Crippen molar-refractivity contribution in [2.45, 2.75) is 63.1 Å². The lowest BCUT2D eigenvalue weighted by Crippen LogP contribution is -2.57. The van der Waals surface area contributed by atoms with Crippen molar-refractivity contribution in [3.63, 3.8) is 0 Å². The highest BCUT2D eigenvalue weighted by atomic mass is 32.2. The summed E-state index contributed by atoms with van der Waals surface area (Å²) in [6.07, 6.45) is 9.35. The smallest absolute Gasteiger partial charge is 0.230 e. The van der Waals surface area contributed by atoms with Crippen LogP contribution in [0.25, 0.3) is 11.0 Å². The van der Waals surface area contributed by atoms with Gasteiger partial charge in [0.05, 0.1) is 23.9 Å². The first-order chi connectivity index (χ1) is 14.1. The normalized spacial score (nSPS) is 31.2. The fraction of sp³-hybridized carbons (Fsp3) is 0.652. The minimum atomic E-state index is 0.135. The molecular weight excluding hydrogens is 382 g/mol. The number of amides is 1. The third-order valence-electron chi connectivity index (χ3n) is 7.58. The second-order valence-corrected chi connectivity index (χ2v) is 10.5. The number of H-pyrrole nitrogens is 1. The van der Waals surface area contributed by atoms with E-state index in [2.05, 4.69) is 22.2 Å². The lowest BCUT2D eigenvalue weighted by Gasteiger charge is -2.59. The summed E-state index contributed by atoms with van der Waals surface area (Å²) in [6.45, 7) is 2.24. The van der Waals surface area contributed by atoms with Crippen molar-refractivity contribution in [1.29, 1.82) is 0 Å². The van der Waals surface area contributed by atoms with Crippen molar-refractivity contribution < 1.29 is 9.53 Å². The molecule has 1 amide bonds. The molecule has 2 N–H and O–H groups in total. The first-order valence-electron chi connectivity index (χ1n) is 11.0. The standard InChI is InChI=1S/C23H31N3O2S/c1-3-20(23-10-14-6-15(11-23)8-16(7-14)12-23)26-21(27)13-29-22-24-18-5-4-17(28-2)9-19(18)25-22/h4-5,9,14-16,20H,3,6-8,10-13H2,1-2H3,(H,24,25)(H,26,27)/t14?,15?,16?,20-,23?/m1/s1. The van der Waals surface area contributed by atoms with Crippen LogP contribution in [-0.2, 0) is 4.79 Å². The van der Waals surface area contributed by atoms with Gasteiger partial charge in [0.1, 0.15) is 5.75 Å². The van der Waals surface area contributed by atoms with Crippen LogP contribution in [0.4, 0.5) is 0 Å². The number of nitrogens with one attached hydrogen (secondary N) is 2. The first-order valence-corrected chi connectivity index (χ1v) is 12.0. The lowest BCUT2D eigenvalue weighted by molar-refractivity contribution is -0.124. The van der Waals surface area contributed by atoms with E-state index in [0.29, 0.717) is 17.2 Å². The summed E-state index contributed by atoms with van der Waals surface area (Å²) in [5.74, 6) is 4.07. The number of thioether (sulfide) groups is 1. The van der Waals surface area contributed by atoms with Gasteiger partial charge in [-0.15, -0.1) is 0 Å². The number of imidazole rings is 1. The predicted molar refractivity (Wildman–Crippen MR) is 116 cm³/mol. The topological polar surface area (TPSA) is 67.0 Å². The number of methoxy groups -OCH3 is 1. The van der Waals surface area contributed by atoms with Crippen molar-refractivity contribution in [3.8, 4) is 5.75 Å². The van der Waals surface area contributed by atoms with Crippen LogP contribution in [0.15, 0.2) is 23.4 Å². The van der Waals surface area contributed by atoms with E-state index in [4.69, 9.17) is 4.74 Å². The number of benzene rings is 1. The van der Waals surface area contributed by atoms with E-state index >= 15 is 0 Å². The number of fused-ring (bicyclic) bond motifs is 1. The molecule has 0 unspecified atom stereocenters. The molecule has 156 valence electrons. The number of carbonyl (C=O) groups is 1. The van der Waals surface area contributed by atoms with Crippen molar-refractivity contribution in [1.82, 2.24) is 15.3 Å². The van der Waals surface area contributed by atoms with Gasteiger partial charge in [-0.25, -0.2) is 4.98 Å². The number of aromatic amines is 1. The van der Waals surface area contributed by atoms with Gasteiger partial charge in [0.25, 0.3) is 0 Å². The molecule has 29 heavy (non-hydrogen) atoms. The van der Waals surface area contributed by atoms with Gasteiger partial charge in [-0.2, -0.15) is 0 Å². The van der Waals surface area contributed by atoms with Gasteiger partial charge < -0.3 is 15.0 Å². The molecule has 1 heterocycles. The van der Waals surface area contributed by atoms with Crippen molar-refractivity contribution in [3.05, 3.63) is 18.2 Å². The molecule has 6 heteroatoms. The maximum absolute atomic E-state index is 12.8. The summed E-state index contributed by atoms with van der Waals surface area (Å²) in [5.41, 5.74) is 2.20. The van der Waals surface area contributed by atoms with Crippen molar-refractivity contribution in [2.24, 2.45) is 23.2 Å². The van der Waals surface area contributed by atoms with Crippen molar-refractivity contribution in [2.75, 3.05) is 12.9 Å². The van der Waals surface area contributed by atoms with Crippen LogP contribution in [0.2, 0.25) is 0 Å². The minimum absolute atomic E-state index is 0.135. The highest BCUT2D eigenvalue weighted by Gasteiger charge is 2.53. The average Bonchev–Trinajstić information content (AvgIpc) is 3.11. The third-order valence-corrected chi connectivity index (χ3v) is 8.45. The van der Waals surface area contributed by atoms with Gasteiger partial charge in [0.15, 0.2) is 5.16 Å². The highest BCUT2D eigenvalue weighted by molar-refractivity contribution is 7.99. The first kappa shape index (κ1) is 19.3. The van der Waals surface area contributed by atoms with Gasteiger partial charge in [-0.05, 0) is 80.2 Å². The summed E-state index contributed by atoms with van der Waals surface area (Å²) in [4.78, 5) is 20.7. The molecule has 1 atom stereocenters. The van der Waals surface area contributed by atoms with E-state index in [-0.39, 0.29) is 5.91 Å². The molecule has 2 aromatic rings. The summed E-state index contributed by atoms with van der Waals surface area (Å²) in [5, 5.41) is 4.21. The van der Waals surface area contributed by atoms with E-state index < -0.39 is 0 Å². The molecule has 4 aliphatic rings. The second-order valence-electron chi connectivity index (χ2n) is 9.52. The van der Waals surface area contributed by atoms with Crippen molar-refractivity contribution >= 4 is 28.7 Å². The lowest BCUT2D eigenvalue weighted by atomic mass is 9.47. The van der Waals surface area contributed by atoms with Gasteiger partial charge in [-0.1, -0.05) is 18.7 Å². The van der Waals surface area contributed by atoms with E-state index in [1.165, 1.54) is 50.3 Å². The molecule has 0 spiro atoms. The fourth-order valence-corrected chi connectivity index (χ4v) is 7.52. The SMILES string of the molecule is CC[C@@H](NC(=O)CSc1nc2ccc(OC)cc2[nH]1)C12CC3CC(CC(C3)C1)C2. The molecule has 4 bridgehead atoms. The van der Waals surface area contributed by atoms with Gasteiger partial charge >= 0.3 is 0 Å². The Kier molecular flexibility index (Phi) is 5.01. The monoisotopic (exact) mass is 413 g/mol. The number of aromatic nitrogens is 2. The zero-order valence-electron chi connectivity index (χ0n) is 17.4. The van der Waals surface area contributed by atoms with E-state index in [1.54, 1.807) is 7.11 Å². The molecular formula is C23H31N3O2S. The number of nitrogens with zero attached hydrogens (tertiary/aromatic N) is 1. The second kappa shape index (κ2) is 7.53. The number of hydrogen-bond donors (Lipinski definition) is 2. The predicted octanol–water partition coefficient (Wildman–Crippen LogP) is 4.77. The van der Waals surface area contributed by atoms with Crippen LogP contribution in [0, 0.1) is 23.2 Å². The Morgan fingerprint density at radius 2 is 1.97 bits per heavy atom. The molecule has 5 nitrogen and oxygen atoms in total. The highest BCUT2D eigenvalue weighted by Crippen LogP contribution is 2.61. The fourth-order valence-electron chi connectivity index (χ4n) is 6.82. The molecule has 4 aliphatic carbocycles. The van der Waals surface area contributed by atoms with Crippen LogP contribution in [0.3, 0.4) is 0 Å². The minimum Gasteiger partial charge on any atom is -0.497 e. The Labute approximate surface area is 176 Å². The number of ether oxygens (including phenoxy) is 1. The van der Waals surface area contributed by atoms with Gasteiger partial charge in [-0.3, -0.25) is 4.79 Å². The molecule has 4 fully saturated rings. The largest absolute Gasteiger partial charge is 0.497 e. The van der Waals surface area contributed by atoms with Crippen LogP contribution < -0.4 is 10.1 Å². The molecule has 1 aromatic heterocycles. The van der Waals surface area contributed by atoms with E-state index in [1.807, 2.05) is 18.2 Å². The zero-order valence-corrected chi connectivity index (χ0v) is 18.2. The molecule has 6 rings (SSSR count). The number of carbonyl (C=O) groups excluding carboxylic acids is 1. The molecule has 0 saturated heterocycles.